The average Bonchev–Trinajstić information content (AvgIpc) is 1.98. The van der Waals surface area contributed by atoms with Crippen LogP contribution in [0.5, 0.6) is 0 Å². The van der Waals surface area contributed by atoms with Gasteiger partial charge in [-0.05, 0) is 33.0 Å². The summed E-state index contributed by atoms with van der Waals surface area (Å²) in [6, 6.07) is 0. The summed E-state index contributed by atoms with van der Waals surface area (Å²) in [5.41, 5.74) is 0. The summed E-state index contributed by atoms with van der Waals surface area (Å²) in [6.45, 7) is 8.35. The summed E-state index contributed by atoms with van der Waals surface area (Å²) >= 11 is 3.31. The van der Waals surface area contributed by atoms with Gasteiger partial charge in [0.25, 0.3) is 0 Å². The molecule has 0 aliphatic heterocycles. The molecule has 0 N–H and O–H groups in total. The topological polar surface area (TPSA) is 35.5 Å². The molecule has 0 aliphatic carbocycles. The summed E-state index contributed by atoms with van der Waals surface area (Å²) in [5, 5.41) is 0.832. The highest BCUT2D eigenvalue weighted by molar-refractivity contribution is 9.09. The Balaban J connectivity index is 4.31. The van der Waals surface area contributed by atoms with E-state index in [0.29, 0.717) is 12.8 Å². The highest BCUT2D eigenvalue weighted by Gasteiger charge is 2.30. The van der Waals surface area contributed by atoms with Gasteiger partial charge in [-0.3, -0.25) is 4.57 Å². The molecular weight excluding hydrogens is 283 g/mol. The number of halogens is 1. The van der Waals surface area contributed by atoms with Crippen molar-refractivity contribution >= 4 is 31.8 Å². The number of hydrogen-bond donors (Lipinski definition) is 0. The molecule has 0 radical (unpaired) electrons. The maximum absolute atomic E-state index is 12.2. The molecule has 0 fully saturated rings. The molecule has 14 heavy (non-hydrogen) atoms. The van der Waals surface area contributed by atoms with Crippen LogP contribution in [0, 0.1) is 0 Å². The van der Waals surface area contributed by atoms with Crippen LogP contribution in [0.15, 0.2) is 0 Å². The molecule has 86 valence electrons. The number of alkyl halides is 1. The third kappa shape index (κ3) is 7.18. The molecule has 0 saturated carbocycles. The molecule has 0 aromatic carbocycles. The van der Waals surface area contributed by atoms with Crippen LogP contribution >= 0.6 is 23.5 Å². The van der Waals surface area contributed by atoms with E-state index in [1.54, 1.807) is 0 Å². The molecule has 1 unspecified atom stereocenters. The molecule has 0 aromatic heterocycles. The summed E-state index contributed by atoms with van der Waals surface area (Å²) < 4.78 is 23.0. The largest absolute Gasteiger partial charge is 0.351 e. The molecule has 1 atom stereocenters. The van der Waals surface area contributed by atoms with E-state index in [0.717, 1.165) is 11.8 Å². The van der Waals surface area contributed by atoms with E-state index in [4.69, 9.17) is 8.74 Å². The van der Waals surface area contributed by atoms with E-state index in [1.165, 1.54) is 0 Å². The van der Waals surface area contributed by atoms with E-state index < -0.39 is 15.9 Å². The molecule has 0 saturated heterocycles. The van der Waals surface area contributed by atoms with Crippen molar-refractivity contribution in [2.75, 3.05) is 18.1 Å². The predicted molar refractivity (Wildman–Crippen MR) is 66.9 cm³/mol. The second-order valence-corrected chi connectivity index (χ2v) is 11.7. The van der Waals surface area contributed by atoms with E-state index in [2.05, 4.69) is 15.9 Å². The van der Waals surface area contributed by atoms with Crippen LogP contribution in [0.4, 0.5) is 0 Å². The fourth-order valence-corrected chi connectivity index (χ4v) is 6.70. The maximum atomic E-state index is 12.2. The van der Waals surface area contributed by atoms with Gasteiger partial charge in [0.15, 0.2) is 8.32 Å². The molecule has 0 aliphatic rings. The third-order valence-corrected chi connectivity index (χ3v) is 6.68. The van der Waals surface area contributed by atoms with Crippen molar-refractivity contribution in [3.8, 4) is 0 Å². The average molecular weight is 303 g/mol. The van der Waals surface area contributed by atoms with Crippen LogP contribution in [0.2, 0.25) is 19.6 Å². The molecule has 0 rings (SSSR count). The minimum atomic E-state index is -2.83. The Labute approximate surface area is 96.4 Å². The van der Waals surface area contributed by atoms with E-state index >= 15 is 0 Å². The molecule has 0 spiro atoms. The van der Waals surface area contributed by atoms with Crippen molar-refractivity contribution < 1.29 is 13.3 Å². The van der Waals surface area contributed by atoms with Crippen LogP contribution < -0.4 is 0 Å². The summed E-state index contributed by atoms with van der Waals surface area (Å²) in [5.74, 6) is 0. The first kappa shape index (κ1) is 14.8. The fraction of sp³-hybridized carbons (Fsp3) is 1.00. The Kier molecular flexibility index (Phi) is 6.82. The van der Waals surface area contributed by atoms with Crippen LogP contribution in [0.25, 0.3) is 0 Å². The zero-order chi connectivity index (χ0) is 11.2. The van der Waals surface area contributed by atoms with Gasteiger partial charge in [0.1, 0.15) is 0 Å². The second-order valence-electron chi connectivity index (χ2n) is 4.00. The van der Waals surface area contributed by atoms with Gasteiger partial charge < -0.3 is 8.74 Å². The smallest absolute Gasteiger partial charge is 0.321 e. The molecular formula is C8H20BrO3PSi. The summed E-state index contributed by atoms with van der Waals surface area (Å²) in [6.07, 6.45) is 1.33. The fourth-order valence-electron chi connectivity index (χ4n) is 1.00. The minimum Gasteiger partial charge on any atom is -0.351 e. The van der Waals surface area contributed by atoms with Gasteiger partial charge in [0.05, 0.1) is 12.8 Å². The Hall–Kier alpha value is 0.847. The van der Waals surface area contributed by atoms with Crippen LogP contribution in [-0.4, -0.2) is 26.4 Å². The van der Waals surface area contributed by atoms with Gasteiger partial charge in [-0.15, -0.1) is 0 Å². The minimum absolute atomic E-state index is 0.448. The Bertz CT molecular complexity index is 205. The summed E-state index contributed by atoms with van der Waals surface area (Å²) in [4.78, 5) is 0. The van der Waals surface area contributed by atoms with Crippen molar-refractivity contribution in [3.05, 3.63) is 0 Å². The molecule has 0 amide bonds. The molecule has 3 nitrogen and oxygen atoms in total. The predicted octanol–water partition coefficient (Wildman–Crippen LogP) is 3.85. The van der Waals surface area contributed by atoms with Crippen LogP contribution in [0.1, 0.15) is 13.3 Å². The molecule has 0 aromatic rings. The third-order valence-electron chi connectivity index (χ3n) is 1.30. The number of hydrogen-bond acceptors (Lipinski definition) is 3. The Morgan fingerprint density at radius 1 is 1.36 bits per heavy atom. The Morgan fingerprint density at radius 2 is 1.93 bits per heavy atom. The zero-order valence-corrected chi connectivity index (χ0v) is 12.9. The van der Waals surface area contributed by atoms with Gasteiger partial charge >= 0.3 is 7.60 Å². The Morgan fingerprint density at radius 3 is 2.29 bits per heavy atom. The quantitative estimate of drug-likeness (QED) is 0.407. The molecule has 6 heteroatoms. The maximum Gasteiger partial charge on any atom is 0.321 e. The van der Waals surface area contributed by atoms with Crippen molar-refractivity contribution in [2.45, 2.75) is 33.0 Å². The van der Waals surface area contributed by atoms with Crippen molar-refractivity contribution in [1.82, 2.24) is 0 Å². The van der Waals surface area contributed by atoms with Gasteiger partial charge in [0, 0.05) is 5.33 Å². The first-order chi connectivity index (χ1) is 6.33. The lowest BCUT2D eigenvalue weighted by Crippen LogP contribution is -2.25. The van der Waals surface area contributed by atoms with E-state index in [9.17, 15) is 4.57 Å². The van der Waals surface area contributed by atoms with Crippen molar-refractivity contribution in [1.29, 1.82) is 0 Å². The summed E-state index contributed by atoms with van der Waals surface area (Å²) in [7, 11) is -4.61. The first-order valence-electron chi connectivity index (χ1n) is 4.83. The number of rotatable bonds is 7. The van der Waals surface area contributed by atoms with Crippen LogP contribution in [0.3, 0.4) is 0 Å². The van der Waals surface area contributed by atoms with Gasteiger partial charge in [-0.25, -0.2) is 0 Å². The normalized spacial score (nSPS) is 16.6. The molecule has 0 bridgehead atoms. The first-order valence-corrected chi connectivity index (χ1v) is 11.1. The SMILES string of the molecule is CCOP(=O)(CCCBr)O[Si](C)(C)C. The van der Waals surface area contributed by atoms with Crippen LogP contribution in [-0.2, 0) is 13.3 Å². The standard InChI is InChI=1S/C8H20BrO3PSi/c1-5-11-13(10,8-6-7-9)12-14(2,3)4/h5-8H2,1-4H3. The highest BCUT2D eigenvalue weighted by Crippen LogP contribution is 2.51. The lowest BCUT2D eigenvalue weighted by Gasteiger charge is -2.25. The van der Waals surface area contributed by atoms with E-state index in [-0.39, 0.29) is 0 Å². The zero-order valence-electron chi connectivity index (χ0n) is 9.38. The van der Waals surface area contributed by atoms with Gasteiger partial charge in [0.2, 0.25) is 0 Å². The van der Waals surface area contributed by atoms with Crippen molar-refractivity contribution in [2.24, 2.45) is 0 Å². The molecule has 0 heterocycles. The monoisotopic (exact) mass is 302 g/mol. The van der Waals surface area contributed by atoms with Crippen molar-refractivity contribution in [3.63, 3.8) is 0 Å². The lowest BCUT2D eigenvalue weighted by molar-refractivity contribution is 0.277. The van der Waals surface area contributed by atoms with Gasteiger partial charge in [-0.2, -0.15) is 0 Å². The van der Waals surface area contributed by atoms with Gasteiger partial charge in [-0.1, -0.05) is 15.9 Å². The highest BCUT2D eigenvalue weighted by atomic mass is 79.9. The van der Waals surface area contributed by atoms with E-state index in [1.807, 2.05) is 26.6 Å². The second kappa shape index (κ2) is 6.43. The lowest BCUT2D eigenvalue weighted by atomic mass is 10.6.